The van der Waals surface area contributed by atoms with Crippen molar-refractivity contribution in [3.63, 3.8) is 0 Å². The van der Waals surface area contributed by atoms with E-state index in [4.69, 9.17) is 9.63 Å². The fourth-order valence-corrected chi connectivity index (χ4v) is 2.02. The van der Waals surface area contributed by atoms with E-state index in [1.54, 1.807) is 0 Å². The molecule has 0 amide bonds. The number of benzene rings is 1. The lowest BCUT2D eigenvalue weighted by atomic mass is 10.2. The zero-order valence-corrected chi connectivity index (χ0v) is 11.2. The van der Waals surface area contributed by atoms with Crippen molar-refractivity contribution in [2.45, 2.75) is 6.61 Å². The Kier molecular flexibility index (Phi) is 3.37. The number of aromatic nitrogens is 2. The standard InChI is InChI=1S/C9H6BrIN2O2/c10-5-1-2-7(11)6(3-5)9-12-8(4-14)13-15-9/h1-3,14H,4H2. The normalized spacial score (nSPS) is 10.6. The summed E-state index contributed by atoms with van der Waals surface area (Å²) in [5, 5.41) is 12.5. The highest BCUT2D eigenvalue weighted by Gasteiger charge is 2.11. The van der Waals surface area contributed by atoms with E-state index in [1.807, 2.05) is 18.2 Å². The van der Waals surface area contributed by atoms with Gasteiger partial charge in [0.05, 0.1) is 5.56 Å². The maximum atomic E-state index is 8.83. The largest absolute Gasteiger partial charge is 0.388 e. The fourth-order valence-electron chi connectivity index (χ4n) is 1.09. The van der Waals surface area contributed by atoms with Crippen LogP contribution in [0.5, 0.6) is 0 Å². The first-order valence-electron chi connectivity index (χ1n) is 4.09. The third-order valence-electron chi connectivity index (χ3n) is 1.77. The summed E-state index contributed by atoms with van der Waals surface area (Å²) >= 11 is 5.57. The quantitative estimate of drug-likeness (QED) is 0.813. The van der Waals surface area contributed by atoms with Gasteiger partial charge in [0.15, 0.2) is 5.82 Å². The molecule has 0 atom stereocenters. The summed E-state index contributed by atoms with van der Waals surface area (Å²) in [6.45, 7) is -0.214. The third-order valence-corrected chi connectivity index (χ3v) is 3.20. The van der Waals surface area contributed by atoms with Crippen LogP contribution < -0.4 is 0 Å². The van der Waals surface area contributed by atoms with Crippen LogP contribution in [0.1, 0.15) is 5.82 Å². The zero-order chi connectivity index (χ0) is 10.8. The van der Waals surface area contributed by atoms with Crippen LogP contribution in [0.25, 0.3) is 11.5 Å². The topological polar surface area (TPSA) is 59.2 Å². The predicted molar refractivity (Wildman–Crippen MR) is 66.1 cm³/mol. The van der Waals surface area contributed by atoms with E-state index in [-0.39, 0.29) is 6.61 Å². The molecule has 0 unspecified atom stereocenters. The molecule has 0 bridgehead atoms. The fraction of sp³-hybridized carbons (Fsp3) is 0.111. The average molecular weight is 381 g/mol. The summed E-state index contributed by atoms with van der Waals surface area (Å²) in [5.41, 5.74) is 0.858. The van der Waals surface area contributed by atoms with Crippen molar-refractivity contribution < 1.29 is 9.63 Å². The molecule has 0 radical (unpaired) electrons. The Morgan fingerprint density at radius 2 is 2.27 bits per heavy atom. The molecular formula is C9H6BrIN2O2. The van der Waals surface area contributed by atoms with Crippen molar-refractivity contribution in [3.05, 3.63) is 32.1 Å². The van der Waals surface area contributed by atoms with Crippen LogP contribution in [0, 0.1) is 3.57 Å². The van der Waals surface area contributed by atoms with Gasteiger partial charge in [0.25, 0.3) is 5.89 Å². The number of nitrogens with zero attached hydrogens (tertiary/aromatic N) is 2. The minimum atomic E-state index is -0.214. The van der Waals surface area contributed by atoms with Gasteiger partial charge in [-0.15, -0.1) is 0 Å². The highest BCUT2D eigenvalue weighted by molar-refractivity contribution is 14.1. The van der Waals surface area contributed by atoms with Gasteiger partial charge in [0.2, 0.25) is 0 Å². The summed E-state index contributed by atoms with van der Waals surface area (Å²) in [6.07, 6.45) is 0. The lowest BCUT2D eigenvalue weighted by Gasteiger charge is -1.98. The molecular weight excluding hydrogens is 375 g/mol. The number of rotatable bonds is 2. The summed E-state index contributed by atoms with van der Waals surface area (Å²) in [7, 11) is 0. The molecule has 2 aromatic rings. The second-order valence-electron chi connectivity index (χ2n) is 2.80. The van der Waals surface area contributed by atoms with Crippen LogP contribution in [-0.4, -0.2) is 15.2 Å². The van der Waals surface area contributed by atoms with E-state index >= 15 is 0 Å². The second kappa shape index (κ2) is 4.58. The van der Waals surface area contributed by atoms with Crippen LogP contribution in [0.4, 0.5) is 0 Å². The van der Waals surface area contributed by atoms with E-state index in [0.717, 1.165) is 13.6 Å². The van der Waals surface area contributed by atoms with Gasteiger partial charge in [-0.05, 0) is 40.8 Å². The lowest BCUT2D eigenvalue weighted by Crippen LogP contribution is -1.86. The van der Waals surface area contributed by atoms with Gasteiger partial charge in [-0.3, -0.25) is 0 Å². The minimum absolute atomic E-state index is 0.214. The number of hydrogen-bond acceptors (Lipinski definition) is 4. The van der Waals surface area contributed by atoms with Gasteiger partial charge in [-0.25, -0.2) is 0 Å². The van der Waals surface area contributed by atoms with E-state index in [0.29, 0.717) is 11.7 Å². The molecule has 2 rings (SSSR count). The Hall–Kier alpha value is -0.470. The van der Waals surface area contributed by atoms with E-state index in [2.05, 4.69) is 48.7 Å². The van der Waals surface area contributed by atoms with Crippen LogP contribution >= 0.6 is 38.5 Å². The van der Waals surface area contributed by atoms with E-state index in [9.17, 15) is 0 Å². The van der Waals surface area contributed by atoms with Gasteiger partial charge < -0.3 is 9.63 Å². The molecule has 0 aliphatic rings. The molecule has 6 heteroatoms. The molecule has 0 saturated heterocycles. The minimum Gasteiger partial charge on any atom is -0.388 e. The van der Waals surface area contributed by atoms with Gasteiger partial charge in [0.1, 0.15) is 6.61 Å². The van der Waals surface area contributed by atoms with Crippen molar-refractivity contribution in [3.8, 4) is 11.5 Å². The predicted octanol–water partition coefficient (Wildman–Crippen LogP) is 2.60. The van der Waals surface area contributed by atoms with E-state index in [1.165, 1.54) is 0 Å². The molecule has 0 aliphatic carbocycles. The van der Waals surface area contributed by atoms with Crippen LogP contribution in [0.3, 0.4) is 0 Å². The first kappa shape index (κ1) is 11.0. The van der Waals surface area contributed by atoms with Crippen LogP contribution in [0.15, 0.2) is 27.2 Å². The smallest absolute Gasteiger partial charge is 0.259 e. The highest BCUT2D eigenvalue weighted by Crippen LogP contribution is 2.27. The van der Waals surface area contributed by atoms with Crippen molar-refractivity contribution in [2.75, 3.05) is 0 Å². The Morgan fingerprint density at radius 3 is 2.93 bits per heavy atom. The molecule has 15 heavy (non-hydrogen) atoms. The van der Waals surface area contributed by atoms with Gasteiger partial charge in [-0.1, -0.05) is 21.1 Å². The summed E-state index contributed by atoms with van der Waals surface area (Å²) in [5.74, 6) is 0.713. The molecule has 0 spiro atoms. The summed E-state index contributed by atoms with van der Waals surface area (Å²) < 4.78 is 6.99. The van der Waals surface area contributed by atoms with E-state index < -0.39 is 0 Å². The van der Waals surface area contributed by atoms with Crippen molar-refractivity contribution in [2.24, 2.45) is 0 Å². The van der Waals surface area contributed by atoms with Crippen LogP contribution in [-0.2, 0) is 6.61 Å². The average Bonchev–Trinajstić information content (AvgIpc) is 2.70. The monoisotopic (exact) mass is 380 g/mol. The third kappa shape index (κ3) is 2.37. The Balaban J connectivity index is 2.48. The lowest BCUT2D eigenvalue weighted by molar-refractivity contribution is 0.264. The van der Waals surface area contributed by atoms with Gasteiger partial charge in [0, 0.05) is 8.04 Å². The number of aliphatic hydroxyl groups is 1. The summed E-state index contributed by atoms with van der Waals surface area (Å²) in [4.78, 5) is 4.05. The van der Waals surface area contributed by atoms with Crippen molar-refractivity contribution in [1.29, 1.82) is 0 Å². The van der Waals surface area contributed by atoms with Crippen LogP contribution in [0.2, 0.25) is 0 Å². The van der Waals surface area contributed by atoms with Gasteiger partial charge in [-0.2, -0.15) is 4.98 Å². The second-order valence-corrected chi connectivity index (χ2v) is 4.88. The summed E-state index contributed by atoms with van der Waals surface area (Å²) in [6, 6.07) is 5.79. The molecule has 0 saturated carbocycles. The van der Waals surface area contributed by atoms with Crippen molar-refractivity contribution >= 4 is 38.5 Å². The maximum Gasteiger partial charge on any atom is 0.259 e. The number of halogens is 2. The Labute approximate surface area is 108 Å². The molecule has 78 valence electrons. The van der Waals surface area contributed by atoms with Crippen molar-refractivity contribution in [1.82, 2.24) is 10.1 Å². The molecule has 1 heterocycles. The Bertz CT molecular complexity index is 487. The molecule has 1 N–H and O–H groups in total. The highest BCUT2D eigenvalue weighted by atomic mass is 127. The first-order valence-corrected chi connectivity index (χ1v) is 5.97. The SMILES string of the molecule is OCc1noc(-c2cc(Br)ccc2I)n1. The molecule has 4 nitrogen and oxygen atoms in total. The maximum absolute atomic E-state index is 8.83. The number of hydrogen-bond donors (Lipinski definition) is 1. The molecule has 1 aromatic carbocycles. The zero-order valence-electron chi connectivity index (χ0n) is 7.44. The molecule has 0 fully saturated rings. The number of aliphatic hydroxyl groups excluding tert-OH is 1. The Morgan fingerprint density at radius 1 is 1.47 bits per heavy atom. The first-order chi connectivity index (χ1) is 7.20. The molecule has 0 aliphatic heterocycles. The van der Waals surface area contributed by atoms with Gasteiger partial charge >= 0.3 is 0 Å². The molecule has 1 aromatic heterocycles.